The van der Waals surface area contributed by atoms with Crippen LogP contribution in [0.2, 0.25) is 0 Å². The van der Waals surface area contributed by atoms with Crippen LogP contribution < -0.4 is 5.32 Å². The van der Waals surface area contributed by atoms with Crippen LogP contribution in [0.4, 0.5) is 0 Å². The van der Waals surface area contributed by atoms with Crippen molar-refractivity contribution in [2.75, 3.05) is 19.6 Å². The molecular weight excluding hydrogens is 204 g/mol. The highest BCUT2D eigenvalue weighted by Gasteiger charge is 2.28. The Morgan fingerprint density at radius 1 is 1.56 bits per heavy atom. The molecule has 0 spiro atoms. The summed E-state index contributed by atoms with van der Waals surface area (Å²) in [4.78, 5) is 13.8. The van der Waals surface area contributed by atoms with E-state index in [4.69, 9.17) is 0 Å². The first-order chi connectivity index (χ1) is 7.69. The number of likely N-dealkylation sites (tertiary alicyclic amines) is 1. The van der Waals surface area contributed by atoms with Crippen LogP contribution in [0.1, 0.15) is 39.5 Å². The summed E-state index contributed by atoms with van der Waals surface area (Å²) in [6.45, 7) is 6.20. The number of carbonyl (C=O) groups is 1. The van der Waals surface area contributed by atoms with Crippen molar-refractivity contribution in [2.24, 2.45) is 0 Å². The van der Waals surface area contributed by atoms with E-state index in [-0.39, 0.29) is 18.1 Å². The van der Waals surface area contributed by atoms with Crippen LogP contribution >= 0.6 is 0 Å². The van der Waals surface area contributed by atoms with Crippen molar-refractivity contribution < 1.29 is 9.90 Å². The van der Waals surface area contributed by atoms with Gasteiger partial charge in [-0.1, -0.05) is 13.8 Å². The number of hydrogen-bond donors (Lipinski definition) is 2. The summed E-state index contributed by atoms with van der Waals surface area (Å²) in [5.41, 5.74) is 0. The average Bonchev–Trinajstić information content (AvgIpc) is 2.30. The molecule has 1 aliphatic rings. The number of β-amino-alcohol motifs (C(OH)–C–C–N with tert-alkyl or cyclic N) is 1. The summed E-state index contributed by atoms with van der Waals surface area (Å²) in [5.74, 6) is 0.159. The average molecular weight is 228 g/mol. The van der Waals surface area contributed by atoms with Crippen molar-refractivity contribution in [3.63, 3.8) is 0 Å². The second-order valence-corrected chi connectivity index (χ2v) is 4.50. The largest absolute Gasteiger partial charge is 0.391 e. The fourth-order valence-electron chi connectivity index (χ4n) is 2.01. The molecule has 0 bridgehead atoms. The minimum atomic E-state index is -0.381. The van der Waals surface area contributed by atoms with Crippen LogP contribution in [0.3, 0.4) is 0 Å². The Morgan fingerprint density at radius 2 is 2.31 bits per heavy atom. The summed E-state index contributed by atoms with van der Waals surface area (Å²) in [6.07, 6.45) is 3.33. The van der Waals surface area contributed by atoms with Crippen molar-refractivity contribution in [3.05, 3.63) is 0 Å². The SMILES string of the molecule is CCCNC1CCCN(CC(O)CC)C1=O. The predicted octanol–water partition coefficient (Wildman–Crippen LogP) is 0.748. The lowest BCUT2D eigenvalue weighted by Gasteiger charge is -2.33. The number of carbonyl (C=O) groups excluding carboxylic acids is 1. The maximum Gasteiger partial charge on any atom is 0.239 e. The molecule has 1 fully saturated rings. The van der Waals surface area contributed by atoms with Crippen LogP contribution in [0, 0.1) is 0 Å². The lowest BCUT2D eigenvalue weighted by atomic mass is 10.0. The third kappa shape index (κ3) is 3.76. The number of amides is 1. The van der Waals surface area contributed by atoms with Crippen LogP contribution in [0.25, 0.3) is 0 Å². The Bertz CT molecular complexity index is 221. The second-order valence-electron chi connectivity index (χ2n) is 4.50. The highest BCUT2D eigenvalue weighted by atomic mass is 16.3. The van der Waals surface area contributed by atoms with Gasteiger partial charge in [0.2, 0.25) is 5.91 Å². The minimum absolute atomic E-state index is 0.0299. The summed E-state index contributed by atoms with van der Waals surface area (Å²) in [6, 6.07) is -0.0299. The minimum Gasteiger partial charge on any atom is -0.391 e. The van der Waals surface area contributed by atoms with E-state index < -0.39 is 0 Å². The zero-order chi connectivity index (χ0) is 12.0. The van der Waals surface area contributed by atoms with Gasteiger partial charge in [-0.05, 0) is 32.2 Å². The van der Waals surface area contributed by atoms with Gasteiger partial charge in [-0.15, -0.1) is 0 Å². The summed E-state index contributed by atoms with van der Waals surface area (Å²) >= 11 is 0. The first kappa shape index (κ1) is 13.5. The van der Waals surface area contributed by atoms with Gasteiger partial charge in [-0.3, -0.25) is 4.79 Å². The van der Waals surface area contributed by atoms with Crippen LogP contribution in [0.15, 0.2) is 0 Å². The van der Waals surface area contributed by atoms with Crippen molar-refractivity contribution in [1.82, 2.24) is 10.2 Å². The molecule has 4 heteroatoms. The molecule has 1 rings (SSSR count). The van der Waals surface area contributed by atoms with Crippen molar-refractivity contribution in [2.45, 2.75) is 51.7 Å². The van der Waals surface area contributed by atoms with E-state index in [0.717, 1.165) is 32.4 Å². The maximum atomic E-state index is 12.0. The Hall–Kier alpha value is -0.610. The molecule has 1 amide bonds. The van der Waals surface area contributed by atoms with E-state index in [1.54, 1.807) is 4.90 Å². The molecule has 1 saturated heterocycles. The van der Waals surface area contributed by atoms with Gasteiger partial charge in [0.1, 0.15) is 0 Å². The molecular formula is C12H24N2O2. The number of nitrogens with zero attached hydrogens (tertiary/aromatic N) is 1. The first-order valence-electron chi connectivity index (χ1n) is 6.39. The highest BCUT2D eigenvalue weighted by molar-refractivity contribution is 5.82. The lowest BCUT2D eigenvalue weighted by Crippen LogP contribution is -2.52. The number of rotatable bonds is 6. The normalized spacial score (nSPS) is 23.6. The van der Waals surface area contributed by atoms with Gasteiger partial charge >= 0.3 is 0 Å². The highest BCUT2D eigenvalue weighted by Crippen LogP contribution is 2.12. The number of aliphatic hydroxyl groups is 1. The van der Waals surface area contributed by atoms with E-state index in [2.05, 4.69) is 12.2 Å². The fourth-order valence-corrected chi connectivity index (χ4v) is 2.01. The van der Waals surface area contributed by atoms with Gasteiger partial charge in [0.05, 0.1) is 12.1 Å². The summed E-state index contributed by atoms with van der Waals surface area (Å²) < 4.78 is 0. The van der Waals surface area contributed by atoms with Crippen LogP contribution in [-0.2, 0) is 4.79 Å². The molecule has 2 N–H and O–H groups in total. The molecule has 4 nitrogen and oxygen atoms in total. The molecule has 0 aromatic rings. The van der Waals surface area contributed by atoms with Crippen LogP contribution in [-0.4, -0.2) is 47.7 Å². The maximum absolute atomic E-state index is 12.0. The van der Waals surface area contributed by atoms with Crippen molar-refractivity contribution in [1.29, 1.82) is 0 Å². The topological polar surface area (TPSA) is 52.6 Å². The lowest BCUT2D eigenvalue weighted by molar-refractivity contribution is -0.137. The van der Waals surface area contributed by atoms with E-state index in [9.17, 15) is 9.90 Å². The molecule has 2 unspecified atom stereocenters. The molecule has 16 heavy (non-hydrogen) atoms. The number of hydrogen-bond acceptors (Lipinski definition) is 3. The van der Waals surface area contributed by atoms with E-state index >= 15 is 0 Å². The number of nitrogens with one attached hydrogen (secondary N) is 1. The third-order valence-corrected chi connectivity index (χ3v) is 3.07. The number of piperidine rings is 1. The van der Waals surface area contributed by atoms with Crippen LogP contribution in [0.5, 0.6) is 0 Å². The third-order valence-electron chi connectivity index (χ3n) is 3.07. The molecule has 1 aliphatic heterocycles. The predicted molar refractivity (Wildman–Crippen MR) is 64.2 cm³/mol. The molecule has 2 atom stereocenters. The van der Waals surface area contributed by atoms with Gasteiger partial charge in [-0.2, -0.15) is 0 Å². The van der Waals surface area contributed by atoms with E-state index in [1.807, 2.05) is 6.92 Å². The smallest absolute Gasteiger partial charge is 0.239 e. The number of aliphatic hydroxyl groups excluding tert-OH is 1. The van der Waals surface area contributed by atoms with E-state index in [0.29, 0.717) is 13.0 Å². The fraction of sp³-hybridized carbons (Fsp3) is 0.917. The van der Waals surface area contributed by atoms with E-state index in [1.165, 1.54) is 0 Å². The van der Waals surface area contributed by atoms with Crippen molar-refractivity contribution in [3.8, 4) is 0 Å². The molecule has 0 aliphatic carbocycles. The molecule has 0 radical (unpaired) electrons. The summed E-state index contributed by atoms with van der Waals surface area (Å²) in [5, 5.41) is 12.8. The Kier molecular flexibility index (Phi) is 5.77. The van der Waals surface area contributed by atoms with Crippen molar-refractivity contribution >= 4 is 5.91 Å². The van der Waals surface area contributed by atoms with Gasteiger partial charge in [0, 0.05) is 13.1 Å². The molecule has 94 valence electrons. The Morgan fingerprint density at radius 3 is 2.94 bits per heavy atom. The molecule has 0 saturated carbocycles. The molecule has 0 aromatic heterocycles. The van der Waals surface area contributed by atoms with Gasteiger partial charge in [0.25, 0.3) is 0 Å². The summed E-state index contributed by atoms with van der Waals surface area (Å²) in [7, 11) is 0. The standard InChI is InChI=1S/C12H24N2O2/c1-3-7-13-11-6-5-8-14(12(11)16)9-10(15)4-2/h10-11,13,15H,3-9H2,1-2H3. The second kappa shape index (κ2) is 6.86. The molecule has 0 aromatic carbocycles. The quantitative estimate of drug-likeness (QED) is 0.705. The first-order valence-corrected chi connectivity index (χ1v) is 6.39. The monoisotopic (exact) mass is 228 g/mol. The Labute approximate surface area is 98.0 Å². The van der Waals surface area contributed by atoms with Gasteiger partial charge in [-0.25, -0.2) is 0 Å². The van der Waals surface area contributed by atoms with Gasteiger partial charge < -0.3 is 15.3 Å². The zero-order valence-corrected chi connectivity index (χ0v) is 10.4. The molecule has 1 heterocycles. The Balaban J connectivity index is 2.43. The zero-order valence-electron chi connectivity index (χ0n) is 10.4. The van der Waals surface area contributed by atoms with Gasteiger partial charge in [0.15, 0.2) is 0 Å².